The minimum atomic E-state index is -0.142. The molecule has 0 bridgehead atoms. The largest absolute Gasteiger partial charge is 0.306 e. The van der Waals surface area contributed by atoms with Gasteiger partial charge in [-0.25, -0.2) is 4.98 Å². The standard InChI is InChI=1S/C9H7ClN2OS/c1-5-2-8(13)12-9(11-5)7-3-6(10)4-14-7/h2-4H,1H3,(H,11,12,13). The zero-order valence-electron chi connectivity index (χ0n) is 7.37. The van der Waals surface area contributed by atoms with Gasteiger partial charge in [-0.05, 0) is 13.0 Å². The number of aromatic nitrogens is 2. The fraction of sp³-hybridized carbons (Fsp3) is 0.111. The number of nitrogens with one attached hydrogen (secondary N) is 1. The predicted octanol–water partition coefficient (Wildman–Crippen LogP) is 2.46. The molecule has 0 radical (unpaired) electrons. The fourth-order valence-electron chi connectivity index (χ4n) is 1.13. The summed E-state index contributed by atoms with van der Waals surface area (Å²) in [5.74, 6) is 0.576. The normalized spacial score (nSPS) is 10.4. The van der Waals surface area contributed by atoms with Crippen LogP contribution in [0.3, 0.4) is 0 Å². The zero-order valence-corrected chi connectivity index (χ0v) is 8.95. The molecule has 5 heteroatoms. The molecule has 0 spiro atoms. The van der Waals surface area contributed by atoms with Gasteiger partial charge in [0.05, 0.1) is 9.90 Å². The van der Waals surface area contributed by atoms with E-state index in [4.69, 9.17) is 11.6 Å². The summed E-state index contributed by atoms with van der Waals surface area (Å²) in [6.45, 7) is 1.79. The van der Waals surface area contributed by atoms with Crippen molar-refractivity contribution in [1.29, 1.82) is 0 Å². The number of thiophene rings is 1. The van der Waals surface area contributed by atoms with Crippen molar-refractivity contribution in [2.45, 2.75) is 6.92 Å². The number of halogens is 1. The molecule has 0 saturated carbocycles. The number of H-pyrrole nitrogens is 1. The van der Waals surface area contributed by atoms with Crippen LogP contribution in [0.25, 0.3) is 10.7 Å². The lowest BCUT2D eigenvalue weighted by molar-refractivity contribution is 1.08. The Kier molecular flexibility index (Phi) is 2.39. The number of nitrogens with zero attached hydrogens (tertiary/aromatic N) is 1. The maximum Gasteiger partial charge on any atom is 0.251 e. The molecule has 0 atom stereocenters. The van der Waals surface area contributed by atoms with Crippen molar-refractivity contribution in [3.05, 3.63) is 38.6 Å². The average molecular weight is 227 g/mol. The molecule has 0 aromatic carbocycles. The first-order chi connectivity index (χ1) is 6.65. The summed E-state index contributed by atoms with van der Waals surface area (Å²) in [6.07, 6.45) is 0. The van der Waals surface area contributed by atoms with Crippen molar-refractivity contribution in [1.82, 2.24) is 9.97 Å². The highest BCUT2D eigenvalue weighted by atomic mass is 35.5. The molecule has 0 aliphatic carbocycles. The van der Waals surface area contributed by atoms with Crippen LogP contribution in [0.1, 0.15) is 5.69 Å². The van der Waals surface area contributed by atoms with Gasteiger partial charge >= 0.3 is 0 Å². The van der Waals surface area contributed by atoms with E-state index in [0.717, 1.165) is 4.88 Å². The first kappa shape index (κ1) is 9.43. The highest BCUT2D eigenvalue weighted by molar-refractivity contribution is 7.14. The van der Waals surface area contributed by atoms with Crippen LogP contribution in [0.15, 0.2) is 22.3 Å². The third-order valence-corrected chi connectivity index (χ3v) is 2.96. The molecule has 2 aromatic heterocycles. The smallest absolute Gasteiger partial charge is 0.251 e. The summed E-state index contributed by atoms with van der Waals surface area (Å²) in [5.41, 5.74) is 0.560. The summed E-state index contributed by atoms with van der Waals surface area (Å²) in [4.78, 5) is 18.9. The van der Waals surface area contributed by atoms with Crippen molar-refractivity contribution in [3.63, 3.8) is 0 Å². The zero-order chi connectivity index (χ0) is 10.1. The Hall–Kier alpha value is -1.13. The Morgan fingerprint density at radius 3 is 2.86 bits per heavy atom. The molecule has 0 fully saturated rings. The van der Waals surface area contributed by atoms with E-state index in [1.165, 1.54) is 17.4 Å². The van der Waals surface area contributed by atoms with Crippen molar-refractivity contribution in [2.24, 2.45) is 0 Å². The van der Waals surface area contributed by atoms with Crippen LogP contribution < -0.4 is 5.56 Å². The fourth-order valence-corrected chi connectivity index (χ4v) is 2.15. The van der Waals surface area contributed by atoms with Gasteiger partial charge in [-0.15, -0.1) is 11.3 Å². The highest BCUT2D eigenvalue weighted by Gasteiger charge is 2.04. The molecule has 3 nitrogen and oxygen atoms in total. The minimum Gasteiger partial charge on any atom is -0.306 e. The number of aromatic amines is 1. The van der Waals surface area contributed by atoms with Gasteiger partial charge in [0.15, 0.2) is 5.82 Å². The van der Waals surface area contributed by atoms with Crippen molar-refractivity contribution in [2.75, 3.05) is 0 Å². The molecule has 0 aliphatic heterocycles. The third-order valence-electron chi connectivity index (χ3n) is 1.67. The van der Waals surface area contributed by atoms with E-state index in [2.05, 4.69) is 9.97 Å². The van der Waals surface area contributed by atoms with Crippen molar-refractivity contribution in [3.8, 4) is 10.7 Å². The van der Waals surface area contributed by atoms with E-state index in [1.54, 1.807) is 18.4 Å². The van der Waals surface area contributed by atoms with Crippen LogP contribution in [-0.4, -0.2) is 9.97 Å². The second kappa shape index (κ2) is 3.55. The van der Waals surface area contributed by atoms with Gasteiger partial charge < -0.3 is 4.98 Å². The lowest BCUT2D eigenvalue weighted by Gasteiger charge is -1.96. The third kappa shape index (κ3) is 1.86. The number of hydrogen-bond acceptors (Lipinski definition) is 3. The first-order valence-electron chi connectivity index (χ1n) is 3.97. The van der Waals surface area contributed by atoms with E-state index in [-0.39, 0.29) is 5.56 Å². The van der Waals surface area contributed by atoms with Crippen molar-refractivity contribution < 1.29 is 0 Å². The van der Waals surface area contributed by atoms with E-state index in [0.29, 0.717) is 16.5 Å². The molecule has 72 valence electrons. The average Bonchev–Trinajstić information content (AvgIpc) is 2.50. The van der Waals surface area contributed by atoms with Crippen LogP contribution in [0.4, 0.5) is 0 Å². The SMILES string of the molecule is Cc1cc(=O)[nH]c(-c2cc(Cl)cs2)n1. The van der Waals surface area contributed by atoms with Gasteiger partial charge in [0.2, 0.25) is 0 Å². The Labute approximate surface area is 89.4 Å². The van der Waals surface area contributed by atoms with E-state index in [9.17, 15) is 4.79 Å². The van der Waals surface area contributed by atoms with Gasteiger partial charge in [0.25, 0.3) is 5.56 Å². The number of rotatable bonds is 1. The first-order valence-corrected chi connectivity index (χ1v) is 5.23. The minimum absolute atomic E-state index is 0.142. The van der Waals surface area contributed by atoms with Gasteiger partial charge in [0, 0.05) is 17.1 Å². The lowest BCUT2D eigenvalue weighted by Crippen LogP contribution is -2.07. The lowest BCUT2D eigenvalue weighted by atomic mass is 10.4. The summed E-state index contributed by atoms with van der Waals surface area (Å²) in [7, 11) is 0. The summed E-state index contributed by atoms with van der Waals surface area (Å²) < 4.78 is 0. The van der Waals surface area contributed by atoms with Gasteiger partial charge in [-0.2, -0.15) is 0 Å². The Morgan fingerprint density at radius 2 is 2.29 bits per heavy atom. The molecule has 2 heterocycles. The maximum atomic E-state index is 11.2. The molecule has 2 aromatic rings. The maximum absolute atomic E-state index is 11.2. The Morgan fingerprint density at radius 1 is 1.50 bits per heavy atom. The van der Waals surface area contributed by atoms with Crippen LogP contribution in [0.5, 0.6) is 0 Å². The number of hydrogen-bond donors (Lipinski definition) is 1. The van der Waals surface area contributed by atoms with Gasteiger partial charge in [-0.1, -0.05) is 11.6 Å². The quantitative estimate of drug-likeness (QED) is 0.812. The monoisotopic (exact) mass is 226 g/mol. The van der Waals surface area contributed by atoms with E-state index >= 15 is 0 Å². The molecule has 2 rings (SSSR count). The van der Waals surface area contributed by atoms with Crippen LogP contribution in [-0.2, 0) is 0 Å². The van der Waals surface area contributed by atoms with Crippen LogP contribution in [0, 0.1) is 6.92 Å². The molecule has 0 saturated heterocycles. The number of aryl methyl sites for hydroxylation is 1. The van der Waals surface area contributed by atoms with Gasteiger partial charge in [-0.3, -0.25) is 4.79 Å². The molecule has 0 unspecified atom stereocenters. The second-order valence-corrected chi connectivity index (χ2v) is 4.21. The van der Waals surface area contributed by atoms with Crippen LogP contribution >= 0.6 is 22.9 Å². The molecular weight excluding hydrogens is 220 g/mol. The topological polar surface area (TPSA) is 45.8 Å². The molecule has 0 amide bonds. The van der Waals surface area contributed by atoms with E-state index in [1.807, 2.05) is 0 Å². The summed E-state index contributed by atoms with van der Waals surface area (Å²) >= 11 is 7.24. The molecule has 14 heavy (non-hydrogen) atoms. The van der Waals surface area contributed by atoms with Crippen LogP contribution in [0.2, 0.25) is 5.02 Å². The molecule has 1 N–H and O–H groups in total. The Balaban J connectivity index is 2.56. The molecule has 0 aliphatic rings. The second-order valence-electron chi connectivity index (χ2n) is 2.86. The Bertz CT molecular complexity index is 518. The summed E-state index contributed by atoms with van der Waals surface area (Å²) in [5, 5.41) is 2.47. The van der Waals surface area contributed by atoms with Gasteiger partial charge in [0.1, 0.15) is 0 Å². The van der Waals surface area contributed by atoms with Crippen molar-refractivity contribution >= 4 is 22.9 Å². The predicted molar refractivity (Wildman–Crippen MR) is 57.9 cm³/mol. The van der Waals surface area contributed by atoms with E-state index < -0.39 is 0 Å². The summed E-state index contributed by atoms with van der Waals surface area (Å²) in [6, 6.07) is 3.24. The molecular formula is C9H7ClN2OS. The highest BCUT2D eigenvalue weighted by Crippen LogP contribution is 2.26.